The van der Waals surface area contributed by atoms with E-state index in [4.69, 9.17) is 6.57 Å². The number of aliphatic hydroxyl groups excluding tert-OH is 4. The molecule has 0 saturated carbocycles. The molecule has 0 unspecified atom stereocenters. The molecule has 0 fully saturated rings. The van der Waals surface area contributed by atoms with Crippen LogP contribution in [-0.4, -0.2) is 136 Å². The number of aliphatic hydroxyl groups is 4. The number of fused-ring (bicyclic) bond motifs is 4. The number of ketones is 4. The van der Waals surface area contributed by atoms with Gasteiger partial charge in [0.1, 0.15) is 23.0 Å². The number of carbonyl (C=O) groups excluding carboxylic acids is 4. The number of allylic oxidation sites excluding steroid dienone is 8. The summed E-state index contributed by atoms with van der Waals surface area (Å²) in [6.45, 7) is 55.7. The van der Waals surface area contributed by atoms with Gasteiger partial charge >= 0.3 is 516 Å². The number of nitrogens with zero attached hydrogens (tertiary/aromatic N) is 9. The van der Waals surface area contributed by atoms with Crippen LogP contribution in [0.25, 0.3) is 93.5 Å². The first kappa shape index (κ1) is 131. The maximum atomic E-state index is 13.3. The van der Waals surface area contributed by atoms with Crippen LogP contribution in [0.4, 0.5) is 10.1 Å². The van der Waals surface area contributed by atoms with E-state index in [0.29, 0.717) is 11.2 Å². The van der Waals surface area contributed by atoms with Gasteiger partial charge in [-0.3, -0.25) is 19.2 Å². The molecule has 0 spiro atoms. The first-order valence-corrected chi connectivity index (χ1v) is 75.8. The molecule has 0 atom stereocenters. The van der Waals surface area contributed by atoms with Crippen LogP contribution in [0.2, 0.25) is 69.1 Å². The Hall–Kier alpha value is -7.85. The fraction of sp³-hybridized carbons (Fsp3) is 0.400. The van der Waals surface area contributed by atoms with Crippen LogP contribution in [0, 0.1) is 93.8 Å². The SMILES string of the molecule is CC(C)(C)C(=O)C=C(O)C(C)(C)C.CC(C)(C)C(=O)C=C(O)C(C)(C)C.CC(C)(C)C(=O)C=C(O)C(C)(C)C.CC(C)(C)C(=O)C=C(O)C(C)(C)C.Cc1ccc2c(-c3[c-]c[c]([Ge]([CH3])([CH3])[CH3])cc3)ncnc2c1.Cc1ccc2c(-c3[c-]c[c]([Ge]([CH3])([CH3])[CH3])cc3)ncnc2c1.[C-]#[N+]c1ccc2c(-c3[c-]c[c]([Ge]([CH3])([CH3])[CH3])cc3)ncnc2c1.[CH3][Ge]([CH3])([CH3])[c]1c[c-]c(-c2ncnc3cc(F)ccc23)cc1.[Ir].[Ir].[Ir].[Ir]. The number of halogens is 1. The third-order valence-corrected chi connectivity index (χ3v) is 38.9. The van der Waals surface area contributed by atoms with Crippen LogP contribution >= 0.6 is 0 Å². The molecule has 0 saturated heterocycles. The van der Waals surface area contributed by atoms with Gasteiger partial charge in [0.2, 0.25) is 0 Å². The van der Waals surface area contributed by atoms with E-state index in [1.165, 1.54) is 71.5 Å². The predicted molar refractivity (Wildman–Crippen MR) is 581 cm³/mol. The zero-order chi connectivity index (χ0) is 104. The van der Waals surface area contributed by atoms with E-state index in [9.17, 15) is 44.0 Å². The number of benzene rings is 8. The van der Waals surface area contributed by atoms with Gasteiger partial charge in [0.25, 0.3) is 0 Å². The molecule has 12 rings (SSSR count). The Balaban J connectivity index is 0.000000812. The average Bonchev–Trinajstić information content (AvgIpc) is 0.801. The molecule has 0 aliphatic rings. The van der Waals surface area contributed by atoms with Crippen LogP contribution in [0.5, 0.6) is 0 Å². The minimum absolute atomic E-state index is 0. The largest absolute Gasteiger partial charge is 0 e. The maximum Gasteiger partial charge on any atom is 0 e. The fourth-order valence-electron chi connectivity index (χ4n) is 11.7. The van der Waals surface area contributed by atoms with Crippen molar-refractivity contribution in [1.29, 1.82) is 0 Å². The molecule has 17 nitrogen and oxygen atoms in total. The molecule has 766 valence electrons. The zero-order valence-corrected chi connectivity index (χ0v) is 108. The van der Waals surface area contributed by atoms with E-state index in [1.807, 2.05) is 172 Å². The predicted octanol–water partition coefficient (Wildman–Crippen LogP) is 28.2. The number of hydrogen-bond acceptors (Lipinski definition) is 16. The van der Waals surface area contributed by atoms with E-state index >= 15 is 0 Å². The quantitative estimate of drug-likeness (QED) is 0.0384. The zero-order valence-electron chi connectivity index (χ0n) is 90.1. The van der Waals surface area contributed by atoms with Crippen molar-refractivity contribution < 1.29 is 124 Å². The minimum Gasteiger partial charge on any atom is 0 e. The molecule has 26 heteroatoms. The summed E-state index contributed by atoms with van der Waals surface area (Å²) < 4.78 is 19.1. The van der Waals surface area contributed by atoms with Crippen molar-refractivity contribution in [2.75, 3.05) is 0 Å². The number of aromatic nitrogens is 8. The second-order valence-electron chi connectivity index (χ2n) is 46.9. The van der Waals surface area contributed by atoms with Crippen molar-refractivity contribution in [3.05, 3.63) is 271 Å². The summed E-state index contributed by atoms with van der Waals surface area (Å²) >= 11 is -7.21. The number of rotatable bonds is 12. The second-order valence-corrected chi connectivity index (χ2v) is 89.6. The molecular weight excluding hydrogens is 2710 g/mol. The molecular formula is C115H150FGe4Ir4N9O8-4. The van der Waals surface area contributed by atoms with Gasteiger partial charge in [0.05, 0.1) is 0 Å². The maximum absolute atomic E-state index is 13.3. The Kier molecular flexibility index (Phi) is 50.2. The van der Waals surface area contributed by atoms with Gasteiger partial charge in [0, 0.05) is 148 Å². The van der Waals surface area contributed by atoms with Crippen LogP contribution in [-0.2, 0) is 99.6 Å². The van der Waals surface area contributed by atoms with Gasteiger partial charge in [-0.1, -0.05) is 166 Å². The van der Waals surface area contributed by atoms with E-state index in [0.717, 1.165) is 83.1 Å². The van der Waals surface area contributed by atoms with Crippen molar-refractivity contribution in [3.8, 4) is 45.0 Å². The Morgan fingerprint density at radius 3 is 0.695 bits per heavy atom. The molecule has 141 heavy (non-hydrogen) atoms. The van der Waals surface area contributed by atoms with E-state index in [2.05, 4.69) is 261 Å². The van der Waals surface area contributed by atoms with Gasteiger partial charge in [-0.05, 0) is 0 Å². The first-order valence-electron chi connectivity index (χ1n) is 46.4. The number of aryl methyl sites for hydroxylation is 2. The summed E-state index contributed by atoms with van der Waals surface area (Å²) in [7, 11) is 0. The monoisotopic (exact) mass is 2870 g/mol. The van der Waals surface area contributed by atoms with Crippen molar-refractivity contribution >= 4 is 143 Å². The van der Waals surface area contributed by atoms with Gasteiger partial charge in [-0.25, -0.2) is 0 Å². The number of carbonyl (C=O) groups is 4. The Bertz CT molecular complexity index is 5840. The topological polar surface area (TPSA) is 257 Å². The van der Waals surface area contributed by atoms with Gasteiger partial charge in [-0.2, -0.15) is 0 Å². The molecule has 4 radical (unpaired) electrons. The Morgan fingerprint density at radius 2 is 0.504 bits per heavy atom. The molecule has 4 N–H and O–H groups in total. The normalized spacial score (nSPS) is 12.4. The second kappa shape index (κ2) is 54.0. The average molecular weight is 2860 g/mol. The minimum atomic E-state index is -1.83. The van der Waals surface area contributed by atoms with Crippen LogP contribution in [0.15, 0.2) is 218 Å². The van der Waals surface area contributed by atoms with Gasteiger partial charge in [0.15, 0.2) is 23.1 Å². The summed E-state index contributed by atoms with van der Waals surface area (Å²) in [6, 6.07) is 62.1. The summed E-state index contributed by atoms with van der Waals surface area (Å²) in [6.07, 6.45) is 11.6. The van der Waals surface area contributed by atoms with Crippen LogP contribution < -0.4 is 17.6 Å². The summed E-state index contributed by atoms with van der Waals surface area (Å²) in [5, 5.41) is 42.2. The molecule has 12 aromatic rings. The third-order valence-electron chi connectivity index (χ3n) is 21.8. The van der Waals surface area contributed by atoms with Crippen molar-refractivity contribution in [1.82, 2.24) is 39.9 Å². The Morgan fingerprint density at radius 1 is 0.298 bits per heavy atom. The smallest absolute Gasteiger partial charge is 0 e. The molecule has 8 aromatic carbocycles. The van der Waals surface area contributed by atoms with Crippen molar-refractivity contribution in [2.24, 2.45) is 43.3 Å². The standard InChI is InChI=1S/C18H16GeN3.2C18H19GeN2.C17H16FGeN2.4C11H20O2.4Ir/c1-19(2,3)14-7-5-13(6-8-14)18-16-10-9-15(20-4)11-17(16)21-12-22-18;2*1-13-5-10-16-17(11-13)20-12-21-18(16)14-6-8-15(9-7-14)19(2,3)4;1-19(2,3)14-7-4-12(5-8-14)17-15-9-6-13(18)10-16(15)20-11-21-17;4*1-10(2,3)8(12)7-9(13)11(4,5)6;;;;/h5,7-12H,1-3H3;2*5-6,8-12H,1-4H3;4,6-11H,1-3H3;4*7,12H,1-6H3;;;;/q4*-1;;;;;;;;. The van der Waals surface area contributed by atoms with Gasteiger partial charge < -0.3 is 20.4 Å². The van der Waals surface area contributed by atoms with Crippen LogP contribution in [0.1, 0.15) is 177 Å². The Labute approximate surface area is 906 Å². The summed E-state index contributed by atoms with van der Waals surface area (Å²) in [5.74, 6) is 28.7. The fourth-order valence-corrected chi connectivity index (χ4v) is 20.9. The van der Waals surface area contributed by atoms with Crippen LogP contribution in [0.3, 0.4) is 0 Å². The molecule has 0 amide bonds. The molecule has 0 aliphatic carbocycles. The summed E-state index contributed by atoms with van der Waals surface area (Å²) in [4.78, 5) is 84.2. The summed E-state index contributed by atoms with van der Waals surface area (Å²) in [5.41, 5.74) is 10.9. The number of hydrogen-bond donors (Lipinski definition) is 4. The molecule has 0 bridgehead atoms. The molecule has 0 aliphatic heterocycles. The van der Waals surface area contributed by atoms with Gasteiger partial charge in [-0.15, -0.1) is 0 Å². The van der Waals surface area contributed by atoms with E-state index in [-0.39, 0.29) is 154 Å². The molecule has 4 heterocycles. The molecule has 4 aromatic heterocycles. The third kappa shape index (κ3) is 42.3. The first-order chi connectivity index (χ1) is 62.5. The van der Waals surface area contributed by atoms with Crippen molar-refractivity contribution in [3.63, 3.8) is 0 Å². The van der Waals surface area contributed by atoms with Crippen molar-refractivity contribution in [2.45, 2.75) is 249 Å². The van der Waals surface area contributed by atoms with E-state index in [1.54, 1.807) is 37.2 Å². The van der Waals surface area contributed by atoms with E-state index < -0.39 is 74.7 Å².